The molecule has 0 spiro atoms. The van der Waals surface area contributed by atoms with Crippen LogP contribution in [0.15, 0.2) is 36.4 Å². The van der Waals surface area contributed by atoms with Gasteiger partial charge in [-0.1, -0.05) is 35.9 Å². The van der Waals surface area contributed by atoms with Crippen LogP contribution in [0.2, 0.25) is 10.3 Å². The second-order valence-electron chi connectivity index (χ2n) is 4.49. The van der Waals surface area contributed by atoms with Crippen LogP contribution >= 0.6 is 23.2 Å². The van der Waals surface area contributed by atoms with Crippen LogP contribution in [0.4, 0.5) is 5.69 Å². The normalized spacial score (nSPS) is 10.8. The minimum absolute atomic E-state index is 0.0926. The molecule has 0 fully saturated rings. The Morgan fingerprint density at radius 1 is 1.00 bits per heavy atom. The van der Waals surface area contributed by atoms with Gasteiger partial charge in [0.1, 0.15) is 11.4 Å². The molecule has 0 aliphatic carbocycles. The van der Waals surface area contributed by atoms with Gasteiger partial charge in [-0.2, -0.15) is 4.98 Å². The van der Waals surface area contributed by atoms with Crippen molar-refractivity contribution in [1.29, 1.82) is 0 Å². The SMILES string of the molecule is Cc1nc(Cl)nc(Oc2ccc(Cl)c3ccccc23)c1N. The Hall–Kier alpha value is -2.04. The zero-order valence-corrected chi connectivity index (χ0v) is 12.6. The van der Waals surface area contributed by atoms with Crippen molar-refractivity contribution >= 4 is 39.7 Å². The molecule has 6 heteroatoms. The molecule has 0 unspecified atom stereocenters. The Bertz CT molecular complexity index is 837. The summed E-state index contributed by atoms with van der Waals surface area (Å²) in [5.74, 6) is 0.843. The summed E-state index contributed by atoms with van der Waals surface area (Å²) in [6, 6.07) is 11.2. The van der Waals surface area contributed by atoms with Crippen LogP contribution in [-0.2, 0) is 0 Å². The molecule has 0 atom stereocenters. The minimum Gasteiger partial charge on any atom is -0.436 e. The third-order valence-corrected chi connectivity index (χ3v) is 3.61. The number of fused-ring (bicyclic) bond motifs is 1. The number of ether oxygens (including phenoxy) is 1. The van der Waals surface area contributed by atoms with Gasteiger partial charge in [-0.25, -0.2) is 4.98 Å². The van der Waals surface area contributed by atoms with E-state index in [1.54, 1.807) is 19.1 Å². The highest BCUT2D eigenvalue weighted by atomic mass is 35.5. The molecule has 2 N–H and O–H groups in total. The van der Waals surface area contributed by atoms with E-state index < -0.39 is 0 Å². The molecule has 0 saturated carbocycles. The Morgan fingerprint density at radius 3 is 2.48 bits per heavy atom. The number of hydrogen-bond donors (Lipinski definition) is 1. The lowest BCUT2D eigenvalue weighted by molar-refractivity contribution is 0.469. The summed E-state index contributed by atoms with van der Waals surface area (Å²) in [5.41, 5.74) is 6.87. The van der Waals surface area contributed by atoms with Gasteiger partial charge in [-0.3, -0.25) is 0 Å². The number of anilines is 1. The van der Waals surface area contributed by atoms with E-state index >= 15 is 0 Å². The first-order valence-electron chi connectivity index (χ1n) is 6.21. The van der Waals surface area contributed by atoms with Gasteiger partial charge in [0, 0.05) is 15.8 Å². The molecule has 4 nitrogen and oxygen atoms in total. The Kier molecular flexibility index (Phi) is 3.57. The Labute approximate surface area is 131 Å². The number of halogens is 2. The lowest BCUT2D eigenvalue weighted by Gasteiger charge is -2.12. The van der Waals surface area contributed by atoms with Crippen LogP contribution in [0, 0.1) is 6.92 Å². The lowest BCUT2D eigenvalue weighted by Crippen LogP contribution is -2.01. The predicted octanol–water partition coefficient (Wildman–Crippen LogP) is 4.62. The molecular weight excluding hydrogens is 309 g/mol. The van der Waals surface area contributed by atoms with E-state index in [1.165, 1.54) is 0 Å². The highest BCUT2D eigenvalue weighted by Gasteiger charge is 2.12. The van der Waals surface area contributed by atoms with Crippen molar-refractivity contribution in [2.75, 3.05) is 5.73 Å². The van der Waals surface area contributed by atoms with Crippen LogP contribution < -0.4 is 10.5 Å². The molecule has 0 aliphatic heterocycles. The number of benzene rings is 2. The summed E-state index contributed by atoms with van der Waals surface area (Å²) < 4.78 is 5.82. The Balaban J connectivity index is 2.13. The summed E-state index contributed by atoms with van der Waals surface area (Å²) >= 11 is 12.0. The summed E-state index contributed by atoms with van der Waals surface area (Å²) in [6.07, 6.45) is 0. The average Bonchev–Trinajstić information content (AvgIpc) is 2.47. The van der Waals surface area contributed by atoms with Crippen LogP contribution in [0.25, 0.3) is 10.8 Å². The fourth-order valence-corrected chi connectivity index (χ4v) is 2.46. The summed E-state index contributed by atoms with van der Waals surface area (Å²) in [4.78, 5) is 8.01. The van der Waals surface area contributed by atoms with Crippen molar-refractivity contribution in [3.63, 3.8) is 0 Å². The monoisotopic (exact) mass is 319 g/mol. The molecule has 3 aromatic rings. The van der Waals surface area contributed by atoms with Crippen molar-refractivity contribution in [3.05, 3.63) is 52.4 Å². The van der Waals surface area contributed by atoms with Crippen molar-refractivity contribution < 1.29 is 4.74 Å². The molecule has 2 aromatic carbocycles. The van der Waals surface area contributed by atoms with Gasteiger partial charge in [0.05, 0.1) is 5.69 Å². The van der Waals surface area contributed by atoms with Gasteiger partial charge in [0.25, 0.3) is 0 Å². The quantitative estimate of drug-likeness (QED) is 0.700. The molecule has 0 radical (unpaired) electrons. The third kappa shape index (κ3) is 2.60. The fourth-order valence-electron chi connectivity index (χ4n) is 2.03. The number of hydrogen-bond acceptors (Lipinski definition) is 4. The summed E-state index contributed by atoms with van der Waals surface area (Å²) in [7, 11) is 0. The lowest BCUT2D eigenvalue weighted by atomic mass is 10.1. The number of aromatic nitrogens is 2. The molecular formula is C15H11Cl2N3O. The topological polar surface area (TPSA) is 61.0 Å². The molecule has 106 valence electrons. The zero-order valence-electron chi connectivity index (χ0n) is 11.1. The maximum Gasteiger partial charge on any atom is 0.247 e. The summed E-state index contributed by atoms with van der Waals surface area (Å²) in [5, 5.41) is 2.52. The van der Waals surface area contributed by atoms with Crippen molar-refractivity contribution in [2.24, 2.45) is 0 Å². The number of rotatable bonds is 2. The van der Waals surface area contributed by atoms with E-state index in [1.807, 2.05) is 24.3 Å². The van der Waals surface area contributed by atoms with Crippen LogP contribution in [0.1, 0.15) is 5.69 Å². The van der Waals surface area contributed by atoms with E-state index in [0.29, 0.717) is 22.2 Å². The van der Waals surface area contributed by atoms with E-state index in [4.69, 9.17) is 33.7 Å². The second kappa shape index (κ2) is 5.39. The highest BCUT2D eigenvalue weighted by Crippen LogP contribution is 2.35. The van der Waals surface area contributed by atoms with Crippen molar-refractivity contribution in [3.8, 4) is 11.6 Å². The van der Waals surface area contributed by atoms with Crippen LogP contribution in [0.5, 0.6) is 11.6 Å². The van der Waals surface area contributed by atoms with Crippen molar-refractivity contribution in [2.45, 2.75) is 6.92 Å². The first-order chi connectivity index (χ1) is 10.1. The smallest absolute Gasteiger partial charge is 0.247 e. The number of nitrogens with two attached hydrogens (primary N) is 1. The van der Waals surface area contributed by atoms with Gasteiger partial charge in [0.15, 0.2) is 0 Å². The zero-order chi connectivity index (χ0) is 15.0. The van der Waals surface area contributed by atoms with Gasteiger partial charge in [-0.05, 0) is 30.7 Å². The van der Waals surface area contributed by atoms with E-state index in [0.717, 1.165) is 10.8 Å². The fraction of sp³-hybridized carbons (Fsp3) is 0.0667. The van der Waals surface area contributed by atoms with Gasteiger partial charge < -0.3 is 10.5 Å². The molecule has 0 amide bonds. The molecule has 3 rings (SSSR count). The molecule has 1 heterocycles. The van der Waals surface area contributed by atoms with Crippen LogP contribution in [0.3, 0.4) is 0 Å². The van der Waals surface area contributed by atoms with Gasteiger partial charge in [0.2, 0.25) is 11.2 Å². The van der Waals surface area contributed by atoms with Gasteiger partial charge in [-0.15, -0.1) is 0 Å². The highest BCUT2D eigenvalue weighted by molar-refractivity contribution is 6.35. The van der Waals surface area contributed by atoms with E-state index in [-0.39, 0.29) is 11.2 Å². The van der Waals surface area contributed by atoms with Crippen molar-refractivity contribution in [1.82, 2.24) is 9.97 Å². The molecule has 0 saturated heterocycles. The standard InChI is InChI=1S/C15H11Cl2N3O/c1-8-13(18)14(20-15(17)19-8)21-12-7-6-11(16)9-4-2-3-5-10(9)12/h2-7H,18H2,1H3. The predicted molar refractivity (Wildman–Crippen MR) is 85.2 cm³/mol. The summed E-state index contributed by atoms with van der Waals surface area (Å²) in [6.45, 7) is 1.75. The second-order valence-corrected chi connectivity index (χ2v) is 5.24. The average molecular weight is 320 g/mol. The number of nitrogen functional groups attached to an aromatic ring is 1. The Morgan fingerprint density at radius 2 is 1.71 bits per heavy atom. The van der Waals surface area contributed by atoms with Crippen LogP contribution in [-0.4, -0.2) is 9.97 Å². The first-order valence-corrected chi connectivity index (χ1v) is 6.96. The largest absolute Gasteiger partial charge is 0.436 e. The number of nitrogens with zero attached hydrogens (tertiary/aromatic N) is 2. The molecule has 21 heavy (non-hydrogen) atoms. The van der Waals surface area contributed by atoms with E-state index in [2.05, 4.69) is 9.97 Å². The maximum absolute atomic E-state index is 6.19. The number of aryl methyl sites for hydroxylation is 1. The molecule has 0 bridgehead atoms. The van der Waals surface area contributed by atoms with Gasteiger partial charge >= 0.3 is 0 Å². The molecule has 0 aliphatic rings. The maximum atomic E-state index is 6.19. The van der Waals surface area contributed by atoms with E-state index in [9.17, 15) is 0 Å². The molecule has 1 aromatic heterocycles. The first kappa shape index (κ1) is 13.9. The minimum atomic E-state index is 0.0926. The third-order valence-electron chi connectivity index (χ3n) is 3.11.